The molecule has 1 aliphatic rings. The molecule has 6 nitrogen and oxygen atoms in total. The van der Waals surface area contributed by atoms with Gasteiger partial charge < -0.3 is 0 Å². The van der Waals surface area contributed by atoms with Crippen LogP contribution in [0, 0.1) is 0 Å². The summed E-state index contributed by atoms with van der Waals surface area (Å²) in [7, 11) is -1.86. The van der Waals surface area contributed by atoms with E-state index in [1.54, 1.807) is 42.2 Å². The molecule has 1 aromatic heterocycles. The molecule has 0 radical (unpaired) electrons. The molecule has 1 fully saturated rings. The van der Waals surface area contributed by atoms with Gasteiger partial charge in [-0.1, -0.05) is 22.0 Å². The number of carbonyl (C=O) groups excluding carboxylic acids is 1. The number of aromatic nitrogens is 2. The quantitative estimate of drug-likeness (QED) is 0.708. The molecule has 0 bridgehead atoms. The third-order valence-electron chi connectivity index (χ3n) is 4.17. The number of carbonyl (C=O) groups is 1. The highest BCUT2D eigenvalue weighted by Crippen LogP contribution is 2.29. The summed E-state index contributed by atoms with van der Waals surface area (Å²) in [6.07, 6.45) is 4.81. The molecule has 0 spiro atoms. The maximum Gasteiger partial charge on any atom is 0.243 e. The van der Waals surface area contributed by atoms with Gasteiger partial charge in [-0.2, -0.15) is 9.40 Å². The Bertz CT molecular complexity index is 863. The van der Waals surface area contributed by atoms with Crippen LogP contribution in [0.4, 0.5) is 0 Å². The Balaban J connectivity index is 1.81. The van der Waals surface area contributed by atoms with Crippen molar-refractivity contribution >= 4 is 31.7 Å². The standard InChI is InChI=1S/C16H18BrN3O3S/c1-19-11-12(10-18-19)16(21)9-14-5-3-7-20(14)24(22,23)15-6-2-4-13(17)8-15/h2,4,6,8,10-11,14H,3,5,7,9H2,1H3/t14-/m0/s1. The average Bonchev–Trinajstić information content (AvgIpc) is 3.16. The second-order valence-electron chi connectivity index (χ2n) is 5.90. The van der Waals surface area contributed by atoms with Gasteiger partial charge in [0.25, 0.3) is 0 Å². The first-order chi connectivity index (χ1) is 11.4. The van der Waals surface area contributed by atoms with Gasteiger partial charge in [-0.25, -0.2) is 8.42 Å². The Morgan fingerprint density at radius 3 is 2.88 bits per heavy atom. The number of sulfonamides is 1. The molecule has 128 valence electrons. The first kappa shape index (κ1) is 17.3. The molecule has 24 heavy (non-hydrogen) atoms. The van der Waals surface area contributed by atoms with Crippen LogP contribution in [0.3, 0.4) is 0 Å². The van der Waals surface area contributed by atoms with E-state index in [1.165, 1.54) is 10.5 Å². The van der Waals surface area contributed by atoms with Gasteiger partial charge in [-0.05, 0) is 31.0 Å². The van der Waals surface area contributed by atoms with Crippen molar-refractivity contribution in [3.63, 3.8) is 0 Å². The molecule has 0 N–H and O–H groups in total. The highest BCUT2D eigenvalue weighted by Gasteiger charge is 2.36. The normalized spacial score (nSPS) is 18.8. The van der Waals surface area contributed by atoms with Crippen LogP contribution in [-0.2, 0) is 17.1 Å². The van der Waals surface area contributed by atoms with E-state index in [4.69, 9.17) is 0 Å². The summed E-state index contributed by atoms with van der Waals surface area (Å²) in [6, 6.07) is 6.35. The third kappa shape index (κ3) is 3.45. The molecule has 1 saturated heterocycles. The van der Waals surface area contributed by atoms with Crippen LogP contribution in [0.2, 0.25) is 0 Å². The number of halogens is 1. The Hall–Kier alpha value is -1.51. The molecule has 0 unspecified atom stereocenters. The molecule has 2 aromatic rings. The fraction of sp³-hybridized carbons (Fsp3) is 0.375. The van der Waals surface area contributed by atoms with E-state index in [-0.39, 0.29) is 23.1 Å². The minimum atomic E-state index is -3.60. The summed E-state index contributed by atoms with van der Waals surface area (Å²) >= 11 is 3.31. The van der Waals surface area contributed by atoms with Crippen molar-refractivity contribution < 1.29 is 13.2 Å². The van der Waals surface area contributed by atoms with Gasteiger partial charge in [-0.15, -0.1) is 0 Å². The first-order valence-electron chi connectivity index (χ1n) is 7.67. The summed E-state index contributed by atoms with van der Waals surface area (Å²) in [6.45, 7) is 0.444. The summed E-state index contributed by atoms with van der Waals surface area (Å²) in [4.78, 5) is 12.6. The van der Waals surface area contributed by atoms with Gasteiger partial charge in [-0.3, -0.25) is 9.48 Å². The summed E-state index contributed by atoms with van der Waals surface area (Å²) in [5.74, 6) is -0.0792. The summed E-state index contributed by atoms with van der Waals surface area (Å²) in [5.41, 5.74) is 0.518. The molecular formula is C16H18BrN3O3S. The topological polar surface area (TPSA) is 72.3 Å². The molecule has 8 heteroatoms. The number of hydrogen-bond acceptors (Lipinski definition) is 4. The van der Waals surface area contributed by atoms with Crippen molar-refractivity contribution in [2.45, 2.75) is 30.2 Å². The molecule has 1 aromatic carbocycles. The molecule has 1 aliphatic heterocycles. The van der Waals surface area contributed by atoms with Gasteiger partial charge in [0.1, 0.15) is 0 Å². The van der Waals surface area contributed by atoms with Crippen LogP contribution < -0.4 is 0 Å². The lowest BCUT2D eigenvalue weighted by Gasteiger charge is -2.23. The zero-order valence-electron chi connectivity index (χ0n) is 13.2. The molecular weight excluding hydrogens is 394 g/mol. The van der Waals surface area contributed by atoms with Crippen LogP contribution in [0.1, 0.15) is 29.6 Å². The minimum absolute atomic E-state index is 0.0792. The van der Waals surface area contributed by atoms with Crippen LogP contribution in [0.15, 0.2) is 46.0 Å². The zero-order valence-corrected chi connectivity index (χ0v) is 15.6. The number of aryl methyl sites for hydroxylation is 1. The number of hydrogen-bond donors (Lipinski definition) is 0. The lowest BCUT2D eigenvalue weighted by molar-refractivity contribution is 0.0961. The first-order valence-corrected chi connectivity index (χ1v) is 9.90. The second kappa shape index (κ2) is 6.78. The van der Waals surface area contributed by atoms with Crippen molar-refractivity contribution in [1.29, 1.82) is 0 Å². The van der Waals surface area contributed by atoms with Crippen LogP contribution >= 0.6 is 15.9 Å². The van der Waals surface area contributed by atoms with Gasteiger partial charge in [0.15, 0.2) is 5.78 Å². The molecule has 3 rings (SSSR count). The van der Waals surface area contributed by atoms with Crippen molar-refractivity contribution in [1.82, 2.24) is 14.1 Å². The lowest BCUT2D eigenvalue weighted by Crippen LogP contribution is -2.36. The van der Waals surface area contributed by atoms with E-state index < -0.39 is 10.0 Å². The number of rotatable bonds is 5. The Kier molecular flexibility index (Phi) is 4.89. The van der Waals surface area contributed by atoms with Crippen molar-refractivity contribution in [2.24, 2.45) is 7.05 Å². The largest absolute Gasteiger partial charge is 0.294 e. The lowest BCUT2D eigenvalue weighted by atomic mass is 10.1. The monoisotopic (exact) mass is 411 g/mol. The molecule has 1 atom stereocenters. The van der Waals surface area contributed by atoms with Crippen molar-refractivity contribution in [2.75, 3.05) is 6.54 Å². The fourth-order valence-electron chi connectivity index (χ4n) is 2.99. The Morgan fingerprint density at radius 1 is 1.42 bits per heavy atom. The fourth-order valence-corrected chi connectivity index (χ4v) is 5.28. The Labute approximate surface area is 149 Å². The van der Waals surface area contributed by atoms with E-state index in [2.05, 4.69) is 21.0 Å². The number of Topliss-reactive ketones (excluding diaryl/α,β-unsaturated/α-hetero) is 1. The maximum absolute atomic E-state index is 12.9. The van der Waals surface area contributed by atoms with Gasteiger partial charge >= 0.3 is 0 Å². The number of benzene rings is 1. The predicted octanol–water partition coefficient (Wildman–Crippen LogP) is 2.61. The third-order valence-corrected chi connectivity index (χ3v) is 6.61. The maximum atomic E-state index is 12.9. The summed E-state index contributed by atoms with van der Waals surface area (Å²) in [5, 5.41) is 4.00. The smallest absolute Gasteiger partial charge is 0.243 e. The summed E-state index contributed by atoms with van der Waals surface area (Å²) < 4.78 is 29.5. The molecule has 0 saturated carbocycles. The van der Waals surface area contributed by atoms with Crippen LogP contribution in [-0.4, -0.2) is 40.9 Å². The van der Waals surface area contributed by atoms with Gasteiger partial charge in [0.05, 0.1) is 16.7 Å². The molecule has 0 aliphatic carbocycles. The van der Waals surface area contributed by atoms with Crippen molar-refractivity contribution in [3.05, 3.63) is 46.7 Å². The number of nitrogens with zero attached hydrogens (tertiary/aromatic N) is 3. The number of ketones is 1. The van der Waals surface area contributed by atoms with Gasteiger partial charge in [0, 0.05) is 36.7 Å². The minimum Gasteiger partial charge on any atom is -0.294 e. The van der Waals surface area contributed by atoms with E-state index >= 15 is 0 Å². The van der Waals surface area contributed by atoms with Crippen LogP contribution in [0.25, 0.3) is 0 Å². The molecule has 0 amide bonds. The average molecular weight is 412 g/mol. The highest BCUT2D eigenvalue weighted by molar-refractivity contribution is 9.10. The van der Waals surface area contributed by atoms with Crippen LogP contribution in [0.5, 0.6) is 0 Å². The predicted molar refractivity (Wildman–Crippen MR) is 93.2 cm³/mol. The zero-order chi connectivity index (χ0) is 17.3. The van der Waals surface area contributed by atoms with E-state index in [1.807, 2.05) is 0 Å². The highest BCUT2D eigenvalue weighted by atomic mass is 79.9. The Morgan fingerprint density at radius 2 is 2.21 bits per heavy atom. The van der Waals surface area contributed by atoms with Crippen molar-refractivity contribution in [3.8, 4) is 0 Å². The molecule has 2 heterocycles. The SMILES string of the molecule is Cn1cc(C(=O)C[C@@H]2CCCN2S(=O)(=O)c2cccc(Br)c2)cn1. The second-order valence-corrected chi connectivity index (χ2v) is 8.71. The van der Waals surface area contributed by atoms with Gasteiger partial charge in [0.2, 0.25) is 10.0 Å². The van der Waals surface area contributed by atoms with E-state index in [0.29, 0.717) is 23.0 Å². The van der Waals surface area contributed by atoms with E-state index in [0.717, 1.165) is 6.42 Å². The van der Waals surface area contributed by atoms with E-state index in [9.17, 15) is 13.2 Å².